The van der Waals surface area contributed by atoms with Gasteiger partial charge in [-0.2, -0.15) is 5.10 Å². The van der Waals surface area contributed by atoms with Crippen LogP contribution in [0.5, 0.6) is 5.75 Å². The van der Waals surface area contributed by atoms with E-state index in [2.05, 4.69) is 15.5 Å². The van der Waals surface area contributed by atoms with Gasteiger partial charge in [-0.3, -0.25) is 9.89 Å². The molecule has 0 radical (unpaired) electrons. The highest BCUT2D eigenvalue weighted by atomic mass is 19.1. The number of hydrogen-bond acceptors (Lipinski definition) is 3. The third kappa shape index (κ3) is 4.00. The van der Waals surface area contributed by atoms with E-state index in [1.54, 1.807) is 25.4 Å². The third-order valence-corrected chi connectivity index (χ3v) is 4.67. The first kappa shape index (κ1) is 18.6. The molecule has 0 fully saturated rings. The van der Waals surface area contributed by atoms with Crippen molar-refractivity contribution >= 4 is 5.91 Å². The number of benzene rings is 2. The van der Waals surface area contributed by atoms with Crippen LogP contribution in [-0.2, 0) is 16.8 Å². The van der Waals surface area contributed by atoms with Crippen LogP contribution in [0.25, 0.3) is 11.3 Å². The summed E-state index contributed by atoms with van der Waals surface area (Å²) in [5.74, 6) is 0.308. The molecule has 1 heterocycles. The van der Waals surface area contributed by atoms with Gasteiger partial charge in [0, 0.05) is 17.7 Å². The molecule has 0 saturated carbocycles. The van der Waals surface area contributed by atoms with Crippen molar-refractivity contribution in [2.24, 2.45) is 0 Å². The first-order valence-electron chi connectivity index (χ1n) is 8.63. The van der Waals surface area contributed by atoms with Crippen LogP contribution in [0, 0.1) is 5.82 Å². The fourth-order valence-electron chi connectivity index (χ4n) is 2.85. The topological polar surface area (TPSA) is 67.0 Å². The smallest absolute Gasteiger partial charge is 0.230 e. The Kier molecular flexibility index (Phi) is 5.26. The second kappa shape index (κ2) is 7.61. The van der Waals surface area contributed by atoms with Gasteiger partial charge in [0.05, 0.1) is 24.4 Å². The van der Waals surface area contributed by atoms with Crippen LogP contribution >= 0.6 is 0 Å². The highest BCUT2D eigenvalue weighted by Gasteiger charge is 2.29. The average Bonchev–Trinajstić information content (AvgIpc) is 3.15. The fraction of sp³-hybridized carbons (Fsp3) is 0.238. The normalized spacial score (nSPS) is 11.3. The monoisotopic (exact) mass is 367 g/mol. The van der Waals surface area contributed by atoms with E-state index in [-0.39, 0.29) is 11.7 Å². The highest BCUT2D eigenvalue weighted by molar-refractivity contribution is 5.87. The first-order valence-corrected chi connectivity index (χ1v) is 8.63. The van der Waals surface area contributed by atoms with Crippen molar-refractivity contribution in [3.05, 3.63) is 71.7 Å². The van der Waals surface area contributed by atoms with Crippen molar-refractivity contribution in [3.63, 3.8) is 0 Å². The largest absolute Gasteiger partial charge is 0.497 e. The van der Waals surface area contributed by atoms with Gasteiger partial charge in [0.25, 0.3) is 0 Å². The molecule has 1 aromatic heterocycles. The number of aromatic amines is 1. The number of nitrogens with zero attached hydrogens (tertiary/aromatic N) is 1. The van der Waals surface area contributed by atoms with E-state index in [1.165, 1.54) is 12.1 Å². The van der Waals surface area contributed by atoms with Gasteiger partial charge in [-0.25, -0.2) is 4.39 Å². The van der Waals surface area contributed by atoms with Gasteiger partial charge < -0.3 is 10.1 Å². The molecular weight excluding hydrogens is 345 g/mol. The molecule has 27 heavy (non-hydrogen) atoms. The Morgan fingerprint density at radius 1 is 1.15 bits per heavy atom. The second-order valence-electron chi connectivity index (χ2n) is 6.81. The summed E-state index contributed by atoms with van der Waals surface area (Å²) in [5, 5.41) is 10.0. The van der Waals surface area contributed by atoms with Crippen molar-refractivity contribution in [2.75, 3.05) is 7.11 Å². The number of H-pyrrole nitrogens is 1. The van der Waals surface area contributed by atoms with Crippen LogP contribution in [0.15, 0.2) is 54.7 Å². The van der Waals surface area contributed by atoms with E-state index < -0.39 is 5.41 Å². The number of amides is 1. The summed E-state index contributed by atoms with van der Waals surface area (Å²) in [6.45, 7) is 3.96. The molecule has 140 valence electrons. The summed E-state index contributed by atoms with van der Waals surface area (Å²) in [6.07, 6.45) is 1.70. The molecule has 0 bridgehead atoms. The lowest BCUT2D eigenvalue weighted by Gasteiger charge is -2.24. The average molecular weight is 367 g/mol. The summed E-state index contributed by atoms with van der Waals surface area (Å²) < 4.78 is 18.3. The maximum Gasteiger partial charge on any atom is 0.230 e. The van der Waals surface area contributed by atoms with E-state index >= 15 is 0 Å². The van der Waals surface area contributed by atoms with Crippen molar-refractivity contribution in [1.82, 2.24) is 15.5 Å². The molecule has 6 heteroatoms. The van der Waals surface area contributed by atoms with Gasteiger partial charge in [-0.05, 0) is 55.8 Å². The number of methoxy groups -OCH3 is 1. The Hall–Kier alpha value is -3.15. The number of carbonyl (C=O) groups excluding carboxylic acids is 1. The summed E-state index contributed by atoms with van der Waals surface area (Å²) in [4.78, 5) is 12.7. The number of nitrogens with one attached hydrogen (secondary N) is 2. The molecular formula is C21H22FN3O2. The highest BCUT2D eigenvalue weighted by Crippen LogP contribution is 2.26. The summed E-state index contributed by atoms with van der Waals surface area (Å²) in [6, 6.07) is 13.6. The molecule has 0 atom stereocenters. The molecule has 0 spiro atoms. The maximum atomic E-state index is 13.1. The predicted octanol–water partition coefficient (Wildman–Crippen LogP) is 3.82. The standard InChI is InChI=1S/C21H22FN3O2/c1-21(2,16-6-8-17(22)9-7-16)20(26)23-12-15-13-24-25-19(15)14-4-10-18(27-3)11-5-14/h4-11,13H,12H2,1-3H3,(H,23,26)(H,24,25). The van der Waals surface area contributed by atoms with E-state index in [4.69, 9.17) is 4.74 Å². The zero-order valence-electron chi connectivity index (χ0n) is 15.5. The Bertz CT molecular complexity index is 915. The lowest BCUT2D eigenvalue weighted by atomic mass is 9.83. The molecule has 3 aromatic rings. The number of hydrogen-bond donors (Lipinski definition) is 2. The summed E-state index contributed by atoms with van der Waals surface area (Å²) >= 11 is 0. The molecule has 2 aromatic carbocycles. The molecule has 2 N–H and O–H groups in total. The van der Waals surface area contributed by atoms with Gasteiger partial charge in [-0.15, -0.1) is 0 Å². The SMILES string of the molecule is COc1ccc(-c2[nH]ncc2CNC(=O)C(C)(C)c2ccc(F)cc2)cc1. The minimum absolute atomic E-state index is 0.143. The van der Waals surface area contributed by atoms with Gasteiger partial charge in [0.1, 0.15) is 11.6 Å². The Balaban J connectivity index is 1.72. The van der Waals surface area contributed by atoms with Crippen LogP contribution < -0.4 is 10.1 Å². The third-order valence-electron chi connectivity index (χ3n) is 4.67. The van der Waals surface area contributed by atoms with Gasteiger partial charge in [-0.1, -0.05) is 12.1 Å². The van der Waals surface area contributed by atoms with Crippen molar-refractivity contribution in [1.29, 1.82) is 0 Å². The number of carbonyl (C=O) groups is 1. The maximum absolute atomic E-state index is 13.1. The number of ether oxygens (including phenoxy) is 1. The van der Waals surface area contributed by atoms with E-state index in [0.29, 0.717) is 6.54 Å². The number of rotatable bonds is 6. The van der Waals surface area contributed by atoms with Crippen LogP contribution in [0.2, 0.25) is 0 Å². The fourth-order valence-corrected chi connectivity index (χ4v) is 2.85. The molecule has 0 saturated heterocycles. The van der Waals surface area contributed by atoms with Crippen LogP contribution in [0.4, 0.5) is 4.39 Å². The van der Waals surface area contributed by atoms with Gasteiger partial charge in [0.15, 0.2) is 0 Å². The molecule has 0 unspecified atom stereocenters. The molecule has 0 aliphatic carbocycles. The zero-order chi connectivity index (χ0) is 19.4. The second-order valence-corrected chi connectivity index (χ2v) is 6.81. The van der Waals surface area contributed by atoms with Crippen molar-refractivity contribution in [3.8, 4) is 17.0 Å². The number of halogens is 1. The Morgan fingerprint density at radius 2 is 1.81 bits per heavy atom. The predicted molar refractivity (Wildman–Crippen MR) is 102 cm³/mol. The van der Waals surface area contributed by atoms with E-state index in [9.17, 15) is 9.18 Å². The van der Waals surface area contributed by atoms with Crippen LogP contribution in [-0.4, -0.2) is 23.2 Å². The first-order chi connectivity index (χ1) is 12.9. The van der Waals surface area contributed by atoms with Gasteiger partial charge in [0.2, 0.25) is 5.91 Å². The molecule has 0 aliphatic heterocycles. The zero-order valence-corrected chi connectivity index (χ0v) is 15.5. The van der Waals surface area contributed by atoms with Crippen LogP contribution in [0.3, 0.4) is 0 Å². The molecule has 1 amide bonds. The van der Waals surface area contributed by atoms with Crippen molar-refractivity contribution < 1.29 is 13.9 Å². The Labute approximate surface area is 157 Å². The lowest BCUT2D eigenvalue weighted by Crippen LogP contribution is -2.39. The summed E-state index contributed by atoms with van der Waals surface area (Å²) in [5.41, 5.74) is 2.65. The minimum atomic E-state index is -0.780. The van der Waals surface area contributed by atoms with Crippen molar-refractivity contribution in [2.45, 2.75) is 25.8 Å². The number of aromatic nitrogens is 2. The minimum Gasteiger partial charge on any atom is -0.497 e. The lowest BCUT2D eigenvalue weighted by molar-refractivity contribution is -0.125. The van der Waals surface area contributed by atoms with Gasteiger partial charge >= 0.3 is 0 Å². The molecule has 3 rings (SSSR count). The van der Waals surface area contributed by atoms with E-state index in [1.807, 2.05) is 38.1 Å². The molecule has 5 nitrogen and oxygen atoms in total. The summed E-state index contributed by atoms with van der Waals surface area (Å²) in [7, 11) is 1.62. The van der Waals surface area contributed by atoms with E-state index in [0.717, 1.165) is 28.1 Å². The van der Waals surface area contributed by atoms with Crippen LogP contribution in [0.1, 0.15) is 25.0 Å². The quantitative estimate of drug-likeness (QED) is 0.696. The Morgan fingerprint density at radius 3 is 2.44 bits per heavy atom. The molecule has 0 aliphatic rings.